The molecule has 5 heteroatoms. The van der Waals surface area contributed by atoms with E-state index < -0.39 is 33.8 Å². The Morgan fingerprint density at radius 1 is 1.00 bits per heavy atom. The standard InChI is InChI=1S/C33H42O5/c1-21(2)13-14-25-19-31(17-15-22(3)4)28(35)26(27(34)24-11-9-8-10-12-24)29(36)32(18-16-23(5)6)20-30(25,7)38-33(31,32)37/h8-12,15-16,25,34,37H,1,13-14,17-20H2,2-7H3/t25-,30+,31+,32-,33+/m1/s1. The van der Waals surface area contributed by atoms with E-state index in [1.807, 2.05) is 59.8 Å². The molecule has 204 valence electrons. The van der Waals surface area contributed by atoms with E-state index in [2.05, 4.69) is 6.58 Å². The molecule has 2 saturated heterocycles. The lowest BCUT2D eigenvalue weighted by molar-refractivity contribution is -0.339. The number of carbonyl (C=O) groups is 2. The maximum Gasteiger partial charge on any atom is 0.193 e. The summed E-state index contributed by atoms with van der Waals surface area (Å²) in [6.07, 6.45) is 6.49. The van der Waals surface area contributed by atoms with Crippen molar-refractivity contribution >= 4 is 17.3 Å². The number of benzene rings is 1. The van der Waals surface area contributed by atoms with Gasteiger partial charge in [0.1, 0.15) is 11.3 Å². The van der Waals surface area contributed by atoms with Gasteiger partial charge in [0.2, 0.25) is 0 Å². The molecule has 0 spiro atoms. The minimum atomic E-state index is -2.00. The molecule has 0 aromatic heterocycles. The van der Waals surface area contributed by atoms with E-state index in [-0.39, 0.29) is 36.5 Å². The predicted octanol–water partition coefficient (Wildman–Crippen LogP) is 7.04. The number of ketones is 2. The summed E-state index contributed by atoms with van der Waals surface area (Å²) in [5, 5.41) is 24.1. The maximum absolute atomic E-state index is 14.6. The van der Waals surface area contributed by atoms with Crippen molar-refractivity contribution in [1.82, 2.24) is 0 Å². The highest BCUT2D eigenvalue weighted by atomic mass is 16.7. The first-order chi connectivity index (χ1) is 17.7. The van der Waals surface area contributed by atoms with Crippen LogP contribution in [0.2, 0.25) is 0 Å². The lowest BCUT2D eigenvalue weighted by atomic mass is 9.51. The fourth-order valence-electron chi connectivity index (χ4n) is 6.97. The molecule has 2 bridgehead atoms. The molecule has 5 nitrogen and oxygen atoms in total. The van der Waals surface area contributed by atoms with Gasteiger partial charge in [0.25, 0.3) is 0 Å². The Morgan fingerprint density at radius 3 is 2.11 bits per heavy atom. The van der Waals surface area contributed by atoms with Gasteiger partial charge in [-0.05, 0) is 86.0 Å². The van der Waals surface area contributed by atoms with Crippen molar-refractivity contribution in [2.45, 2.75) is 91.5 Å². The van der Waals surface area contributed by atoms with Gasteiger partial charge >= 0.3 is 0 Å². The molecule has 0 unspecified atom stereocenters. The summed E-state index contributed by atoms with van der Waals surface area (Å²) in [4.78, 5) is 29.2. The maximum atomic E-state index is 14.6. The number of carbonyl (C=O) groups excluding carboxylic acids is 2. The first-order valence-corrected chi connectivity index (χ1v) is 13.6. The van der Waals surface area contributed by atoms with Crippen molar-refractivity contribution in [2.75, 3.05) is 0 Å². The fourth-order valence-corrected chi connectivity index (χ4v) is 6.97. The van der Waals surface area contributed by atoms with Gasteiger partial charge in [-0.25, -0.2) is 0 Å². The molecule has 38 heavy (non-hydrogen) atoms. The fraction of sp³-hybridized carbons (Fsp3) is 0.515. The van der Waals surface area contributed by atoms with E-state index in [1.165, 1.54) is 0 Å². The molecular formula is C33H42O5. The van der Waals surface area contributed by atoms with Crippen molar-refractivity contribution in [3.8, 4) is 0 Å². The Kier molecular flexibility index (Phi) is 7.26. The van der Waals surface area contributed by atoms with Crippen molar-refractivity contribution in [3.05, 3.63) is 76.9 Å². The van der Waals surface area contributed by atoms with Crippen LogP contribution in [0.4, 0.5) is 0 Å². The van der Waals surface area contributed by atoms with Crippen LogP contribution in [-0.4, -0.2) is 33.2 Å². The van der Waals surface area contributed by atoms with E-state index in [9.17, 15) is 19.8 Å². The molecule has 0 radical (unpaired) electrons. The average Bonchev–Trinajstić information content (AvgIpc) is 3.08. The summed E-state index contributed by atoms with van der Waals surface area (Å²) in [5.74, 6) is -3.45. The van der Waals surface area contributed by atoms with E-state index in [0.717, 1.165) is 29.6 Å². The number of ether oxygens (including phenoxy) is 1. The van der Waals surface area contributed by atoms with Gasteiger partial charge in [-0.1, -0.05) is 59.2 Å². The Morgan fingerprint density at radius 2 is 1.55 bits per heavy atom. The van der Waals surface area contributed by atoms with E-state index in [0.29, 0.717) is 12.0 Å². The molecule has 2 heterocycles. The molecular weight excluding hydrogens is 476 g/mol. The third-order valence-corrected chi connectivity index (χ3v) is 9.03. The molecule has 5 atom stereocenters. The van der Waals surface area contributed by atoms with Crippen LogP contribution in [0.15, 0.2) is 71.4 Å². The molecule has 2 aliphatic heterocycles. The number of rotatable bonds is 8. The second-order valence-corrected chi connectivity index (χ2v) is 12.5. The Bertz CT molecular complexity index is 1250. The third kappa shape index (κ3) is 4.15. The van der Waals surface area contributed by atoms with Crippen LogP contribution in [-0.2, 0) is 14.3 Å². The van der Waals surface area contributed by atoms with Gasteiger partial charge in [-0.15, -0.1) is 6.58 Å². The SMILES string of the molecule is C=C(C)CC[C@@H]1C[C@@]2(CC=C(C)C)C(=O)C(=C(O)c3ccccc3)C(=O)[C@@]3(CC=C(C)C)C[C@]1(C)O[C@@]23O. The highest BCUT2D eigenvalue weighted by molar-refractivity contribution is 6.30. The van der Waals surface area contributed by atoms with E-state index in [1.54, 1.807) is 24.3 Å². The van der Waals surface area contributed by atoms with Crippen molar-refractivity contribution < 1.29 is 24.5 Å². The molecule has 2 N–H and O–H groups in total. The molecule has 1 aromatic carbocycles. The zero-order chi connectivity index (χ0) is 28.1. The molecule has 1 aromatic rings. The highest BCUT2D eigenvalue weighted by Gasteiger charge is 2.82. The van der Waals surface area contributed by atoms with Crippen LogP contribution in [0.25, 0.3) is 5.76 Å². The van der Waals surface area contributed by atoms with Crippen molar-refractivity contribution in [2.24, 2.45) is 16.7 Å². The van der Waals surface area contributed by atoms with Gasteiger partial charge < -0.3 is 14.9 Å². The van der Waals surface area contributed by atoms with E-state index in [4.69, 9.17) is 4.74 Å². The van der Waals surface area contributed by atoms with Gasteiger partial charge in [0, 0.05) is 5.56 Å². The minimum absolute atomic E-state index is 0.0754. The van der Waals surface area contributed by atoms with Gasteiger partial charge in [0.05, 0.1) is 16.4 Å². The number of fused-ring (bicyclic) bond motifs is 1. The summed E-state index contributed by atoms with van der Waals surface area (Å²) in [6.45, 7) is 15.8. The quantitative estimate of drug-likeness (QED) is 0.167. The molecule has 4 rings (SSSR count). The van der Waals surface area contributed by atoms with Crippen molar-refractivity contribution in [1.29, 1.82) is 0 Å². The van der Waals surface area contributed by atoms with Gasteiger partial charge in [0.15, 0.2) is 17.4 Å². The summed E-state index contributed by atoms with van der Waals surface area (Å²) in [7, 11) is 0. The number of Topliss-reactive ketones (excluding diaryl/α,β-unsaturated/α-hetero) is 2. The van der Waals surface area contributed by atoms with Gasteiger partial charge in [-0.3, -0.25) is 9.59 Å². The summed E-state index contributed by atoms with van der Waals surface area (Å²) >= 11 is 0. The molecule has 1 aliphatic carbocycles. The summed E-state index contributed by atoms with van der Waals surface area (Å²) in [5.41, 5.74) is -0.378. The lowest BCUT2D eigenvalue weighted by Crippen LogP contribution is -2.70. The normalized spacial score (nSPS) is 35.1. The smallest absolute Gasteiger partial charge is 0.193 e. The van der Waals surface area contributed by atoms with E-state index >= 15 is 0 Å². The Hall–Kier alpha value is -2.76. The topological polar surface area (TPSA) is 83.8 Å². The largest absolute Gasteiger partial charge is 0.506 e. The first-order valence-electron chi connectivity index (χ1n) is 13.6. The summed E-state index contributed by atoms with van der Waals surface area (Å²) < 4.78 is 6.65. The zero-order valence-electron chi connectivity index (χ0n) is 23.7. The Balaban J connectivity index is 2.04. The molecule has 3 fully saturated rings. The number of aliphatic hydroxyl groups excluding tert-OH is 1. The molecule has 0 amide bonds. The predicted molar refractivity (Wildman–Crippen MR) is 150 cm³/mol. The zero-order valence-corrected chi connectivity index (χ0v) is 23.7. The number of hydrogen-bond donors (Lipinski definition) is 2. The Labute approximate surface area is 227 Å². The number of allylic oxidation sites excluding steroid dienone is 6. The van der Waals surface area contributed by atoms with Crippen LogP contribution in [0.1, 0.15) is 85.6 Å². The summed E-state index contributed by atoms with van der Waals surface area (Å²) in [6, 6.07) is 8.72. The van der Waals surface area contributed by atoms with Crippen LogP contribution in [0, 0.1) is 16.7 Å². The third-order valence-electron chi connectivity index (χ3n) is 9.03. The lowest BCUT2D eigenvalue weighted by Gasteiger charge is -2.58. The van der Waals surface area contributed by atoms with Crippen LogP contribution in [0.3, 0.4) is 0 Å². The van der Waals surface area contributed by atoms with Crippen LogP contribution >= 0.6 is 0 Å². The monoisotopic (exact) mass is 518 g/mol. The van der Waals surface area contributed by atoms with Crippen LogP contribution in [0.5, 0.6) is 0 Å². The number of aliphatic hydroxyl groups is 2. The second kappa shape index (κ2) is 9.77. The molecule has 3 aliphatic rings. The first kappa shape index (κ1) is 28.3. The molecule has 1 saturated carbocycles. The minimum Gasteiger partial charge on any atom is -0.506 e. The number of hydrogen-bond acceptors (Lipinski definition) is 5. The van der Waals surface area contributed by atoms with Crippen LogP contribution < -0.4 is 0 Å². The van der Waals surface area contributed by atoms with Crippen molar-refractivity contribution in [3.63, 3.8) is 0 Å². The second-order valence-electron chi connectivity index (χ2n) is 12.5. The average molecular weight is 519 g/mol. The van der Waals surface area contributed by atoms with Gasteiger partial charge in [-0.2, -0.15) is 0 Å². The highest BCUT2D eigenvalue weighted by Crippen LogP contribution is 2.72.